The molecule has 4 heteroatoms. The Morgan fingerprint density at radius 1 is 1.41 bits per heavy atom. The summed E-state index contributed by atoms with van der Waals surface area (Å²) in [7, 11) is 0. The lowest BCUT2D eigenvalue weighted by Gasteiger charge is -2.25. The first-order valence-electron chi connectivity index (χ1n) is 5.95. The van der Waals surface area contributed by atoms with Gasteiger partial charge in [-0.25, -0.2) is 0 Å². The van der Waals surface area contributed by atoms with Crippen molar-refractivity contribution in [2.24, 2.45) is 11.7 Å². The lowest BCUT2D eigenvalue weighted by molar-refractivity contribution is 0.0618. The van der Waals surface area contributed by atoms with Crippen molar-refractivity contribution < 1.29 is 4.74 Å². The van der Waals surface area contributed by atoms with Crippen molar-refractivity contribution in [1.29, 1.82) is 0 Å². The zero-order chi connectivity index (χ0) is 12.3. The maximum atomic E-state index is 6.33. The first-order valence-corrected chi connectivity index (χ1v) is 7.82. The molecule has 2 N–H and O–H groups in total. The lowest BCUT2D eigenvalue weighted by Crippen LogP contribution is -2.22. The SMILES string of the molecule is NC(CC1CCOCC1)c1cc(Br)ccc1I. The summed E-state index contributed by atoms with van der Waals surface area (Å²) in [5.41, 5.74) is 7.59. The summed E-state index contributed by atoms with van der Waals surface area (Å²) in [6, 6.07) is 6.46. The van der Waals surface area contributed by atoms with E-state index < -0.39 is 0 Å². The highest BCUT2D eigenvalue weighted by atomic mass is 127. The molecule has 94 valence electrons. The summed E-state index contributed by atoms with van der Waals surface area (Å²) < 4.78 is 7.74. The van der Waals surface area contributed by atoms with Crippen LogP contribution in [-0.4, -0.2) is 13.2 Å². The topological polar surface area (TPSA) is 35.2 Å². The average Bonchev–Trinajstić information content (AvgIpc) is 2.33. The minimum Gasteiger partial charge on any atom is -0.381 e. The van der Waals surface area contributed by atoms with Gasteiger partial charge in [-0.2, -0.15) is 0 Å². The van der Waals surface area contributed by atoms with Gasteiger partial charge in [0.15, 0.2) is 0 Å². The maximum absolute atomic E-state index is 6.33. The van der Waals surface area contributed by atoms with Gasteiger partial charge in [-0.15, -0.1) is 0 Å². The molecular weight excluding hydrogens is 393 g/mol. The van der Waals surface area contributed by atoms with Crippen LogP contribution in [0.4, 0.5) is 0 Å². The summed E-state index contributed by atoms with van der Waals surface area (Å²) in [4.78, 5) is 0. The largest absolute Gasteiger partial charge is 0.381 e. The van der Waals surface area contributed by atoms with E-state index in [1.54, 1.807) is 0 Å². The number of rotatable bonds is 3. The highest BCUT2D eigenvalue weighted by Crippen LogP contribution is 2.30. The van der Waals surface area contributed by atoms with Crippen molar-refractivity contribution >= 4 is 38.5 Å². The van der Waals surface area contributed by atoms with Gasteiger partial charge in [0, 0.05) is 27.3 Å². The third-order valence-corrected chi connectivity index (χ3v) is 4.76. The molecule has 1 aromatic rings. The Kier molecular flexibility index (Phi) is 5.26. The van der Waals surface area contributed by atoms with E-state index in [1.807, 2.05) is 0 Å². The molecule has 0 radical (unpaired) electrons. The first-order chi connectivity index (χ1) is 8.16. The van der Waals surface area contributed by atoms with Crippen LogP contribution >= 0.6 is 38.5 Å². The smallest absolute Gasteiger partial charge is 0.0468 e. The molecule has 1 saturated heterocycles. The molecule has 1 heterocycles. The Morgan fingerprint density at radius 2 is 2.12 bits per heavy atom. The van der Waals surface area contributed by atoms with Crippen LogP contribution in [0.2, 0.25) is 0 Å². The second-order valence-electron chi connectivity index (χ2n) is 4.56. The van der Waals surface area contributed by atoms with Crippen molar-refractivity contribution in [3.05, 3.63) is 31.8 Å². The Hall–Kier alpha value is 0.350. The van der Waals surface area contributed by atoms with E-state index in [9.17, 15) is 0 Å². The predicted molar refractivity (Wildman–Crippen MR) is 81.9 cm³/mol. The fourth-order valence-electron chi connectivity index (χ4n) is 2.27. The van der Waals surface area contributed by atoms with Crippen LogP contribution in [0.25, 0.3) is 0 Å². The molecule has 0 saturated carbocycles. The molecule has 1 aliphatic rings. The zero-order valence-electron chi connectivity index (χ0n) is 9.66. The monoisotopic (exact) mass is 409 g/mol. The van der Waals surface area contributed by atoms with Crippen LogP contribution in [0.1, 0.15) is 30.9 Å². The van der Waals surface area contributed by atoms with Crippen LogP contribution in [-0.2, 0) is 4.74 Å². The summed E-state index contributed by atoms with van der Waals surface area (Å²) in [5, 5.41) is 0. The third-order valence-electron chi connectivity index (χ3n) is 3.29. The fraction of sp³-hybridized carbons (Fsp3) is 0.538. The normalized spacial score (nSPS) is 19.2. The van der Waals surface area contributed by atoms with E-state index in [0.717, 1.165) is 36.9 Å². The van der Waals surface area contributed by atoms with E-state index in [1.165, 1.54) is 9.13 Å². The summed E-state index contributed by atoms with van der Waals surface area (Å²) >= 11 is 5.87. The quantitative estimate of drug-likeness (QED) is 0.769. The lowest BCUT2D eigenvalue weighted by atomic mass is 9.90. The van der Waals surface area contributed by atoms with Crippen molar-refractivity contribution in [2.45, 2.75) is 25.3 Å². The summed E-state index contributed by atoms with van der Waals surface area (Å²) in [6.45, 7) is 1.79. The minimum atomic E-state index is 0.141. The van der Waals surface area contributed by atoms with Crippen molar-refractivity contribution in [3.8, 4) is 0 Å². The molecule has 2 nitrogen and oxygen atoms in total. The third kappa shape index (κ3) is 3.91. The van der Waals surface area contributed by atoms with Crippen LogP contribution < -0.4 is 5.73 Å². The number of ether oxygens (including phenoxy) is 1. The molecule has 1 aliphatic heterocycles. The van der Waals surface area contributed by atoms with E-state index in [4.69, 9.17) is 10.5 Å². The number of hydrogen-bond acceptors (Lipinski definition) is 2. The summed E-state index contributed by atoms with van der Waals surface area (Å²) in [6.07, 6.45) is 3.37. The zero-order valence-corrected chi connectivity index (χ0v) is 13.4. The standard InChI is InChI=1S/C13H17BrINO/c14-10-1-2-12(15)11(8-10)13(16)7-9-3-5-17-6-4-9/h1-2,8-9,13H,3-7,16H2. The molecule has 0 spiro atoms. The molecule has 1 aromatic carbocycles. The van der Waals surface area contributed by atoms with Crippen LogP contribution in [0.3, 0.4) is 0 Å². The maximum Gasteiger partial charge on any atom is 0.0468 e. The number of halogens is 2. The molecule has 0 aromatic heterocycles. The molecule has 1 fully saturated rings. The second-order valence-corrected chi connectivity index (χ2v) is 6.64. The van der Waals surface area contributed by atoms with Crippen molar-refractivity contribution in [2.75, 3.05) is 13.2 Å². The van der Waals surface area contributed by atoms with Crippen molar-refractivity contribution in [3.63, 3.8) is 0 Å². The van der Waals surface area contributed by atoms with Gasteiger partial charge in [0.1, 0.15) is 0 Å². The van der Waals surface area contributed by atoms with E-state index >= 15 is 0 Å². The molecule has 0 aliphatic carbocycles. The predicted octanol–water partition coefficient (Wildman–Crippen LogP) is 3.87. The Balaban J connectivity index is 2.02. The van der Waals surface area contributed by atoms with Gasteiger partial charge in [-0.1, -0.05) is 15.9 Å². The van der Waals surface area contributed by atoms with E-state index in [0.29, 0.717) is 5.92 Å². The second kappa shape index (κ2) is 6.50. The van der Waals surface area contributed by atoms with E-state index in [2.05, 4.69) is 56.7 Å². The first kappa shape index (κ1) is 13.8. The number of hydrogen-bond donors (Lipinski definition) is 1. The van der Waals surface area contributed by atoms with Gasteiger partial charge < -0.3 is 10.5 Å². The molecule has 2 rings (SSSR count). The minimum absolute atomic E-state index is 0.141. The van der Waals surface area contributed by atoms with Gasteiger partial charge >= 0.3 is 0 Å². The molecule has 0 bridgehead atoms. The van der Waals surface area contributed by atoms with Crippen LogP contribution in [0.15, 0.2) is 22.7 Å². The molecule has 1 atom stereocenters. The van der Waals surface area contributed by atoms with Crippen LogP contribution in [0.5, 0.6) is 0 Å². The van der Waals surface area contributed by atoms with Crippen LogP contribution in [0, 0.1) is 9.49 Å². The highest BCUT2D eigenvalue weighted by Gasteiger charge is 2.19. The van der Waals surface area contributed by atoms with Gasteiger partial charge in [-0.05, 0) is 71.5 Å². The molecular formula is C13H17BrINO. The highest BCUT2D eigenvalue weighted by molar-refractivity contribution is 14.1. The van der Waals surface area contributed by atoms with Gasteiger partial charge in [-0.3, -0.25) is 0 Å². The van der Waals surface area contributed by atoms with Gasteiger partial charge in [0.2, 0.25) is 0 Å². The Morgan fingerprint density at radius 3 is 2.82 bits per heavy atom. The van der Waals surface area contributed by atoms with E-state index in [-0.39, 0.29) is 6.04 Å². The van der Waals surface area contributed by atoms with Gasteiger partial charge in [0.05, 0.1) is 0 Å². The van der Waals surface area contributed by atoms with Crippen molar-refractivity contribution in [1.82, 2.24) is 0 Å². The average molecular weight is 410 g/mol. The number of benzene rings is 1. The molecule has 1 unspecified atom stereocenters. The molecule has 17 heavy (non-hydrogen) atoms. The van der Waals surface area contributed by atoms with Gasteiger partial charge in [0.25, 0.3) is 0 Å². The molecule has 0 amide bonds. The Bertz CT molecular complexity index is 380. The number of nitrogens with two attached hydrogens (primary N) is 1. The summed E-state index contributed by atoms with van der Waals surface area (Å²) in [5.74, 6) is 0.716. The Labute approximate surface area is 125 Å². The fourth-order valence-corrected chi connectivity index (χ4v) is 3.38.